The molecule has 0 aliphatic carbocycles. The molecule has 24 heavy (non-hydrogen) atoms. The van der Waals surface area contributed by atoms with E-state index in [0.717, 1.165) is 26.1 Å². The van der Waals surface area contributed by atoms with Crippen LogP contribution < -0.4 is 5.73 Å². The molecular weight excluding hydrogens is 322 g/mol. The van der Waals surface area contributed by atoms with Gasteiger partial charge in [0.2, 0.25) is 0 Å². The predicted octanol–water partition coefficient (Wildman–Crippen LogP) is 4.19. The second-order valence-corrected chi connectivity index (χ2v) is 6.33. The molecule has 0 fully saturated rings. The van der Waals surface area contributed by atoms with E-state index in [1.54, 1.807) is 6.07 Å². The number of nitrogen functional groups attached to an aromatic ring is 1. The van der Waals surface area contributed by atoms with Crippen molar-refractivity contribution in [2.45, 2.75) is 16.7 Å². The highest BCUT2D eigenvalue weighted by atomic mass is 32.2. The Labute approximate surface area is 143 Å². The average Bonchev–Trinajstić information content (AvgIpc) is 2.58. The molecule has 0 aromatic heterocycles. The molecule has 0 saturated heterocycles. The molecule has 3 aromatic rings. The van der Waals surface area contributed by atoms with Gasteiger partial charge in [-0.3, -0.25) is 4.79 Å². The van der Waals surface area contributed by atoms with Crippen LogP contribution in [0.5, 0.6) is 0 Å². The molecule has 3 aromatic carbocycles. The van der Waals surface area contributed by atoms with Crippen molar-refractivity contribution < 1.29 is 14.3 Å². The summed E-state index contributed by atoms with van der Waals surface area (Å²) in [5.41, 5.74) is 8.04. The lowest BCUT2D eigenvalue weighted by Gasteiger charge is -2.12. The Hall–Kier alpha value is -2.79. The highest BCUT2D eigenvalue weighted by Gasteiger charge is 2.16. The van der Waals surface area contributed by atoms with Crippen LogP contribution in [0.4, 0.5) is 5.69 Å². The van der Waals surface area contributed by atoms with Crippen molar-refractivity contribution in [2.75, 3.05) is 5.73 Å². The highest BCUT2D eigenvalue weighted by molar-refractivity contribution is 7.99. The van der Waals surface area contributed by atoms with Crippen molar-refractivity contribution in [3.8, 4) is 0 Å². The summed E-state index contributed by atoms with van der Waals surface area (Å²) in [5.74, 6) is -0.653. The number of nitrogens with two attached hydrogens (primary N) is 1. The molecule has 120 valence electrons. The smallest absolute Gasteiger partial charge is 0.346 e. The van der Waals surface area contributed by atoms with Gasteiger partial charge in [-0.05, 0) is 42.1 Å². The maximum atomic E-state index is 12.1. The Morgan fingerprint density at radius 3 is 2.58 bits per heavy atom. The van der Waals surface area contributed by atoms with Crippen molar-refractivity contribution in [2.24, 2.45) is 0 Å². The van der Waals surface area contributed by atoms with Crippen LogP contribution in [0.1, 0.15) is 15.9 Å². The maximum absolute atomic E-state index is 12.1. The Kier molecular flexibility index (Phi) is 4.53. The zero-order chi connectivity index (χ0) is 17.1. The summed E-state index contributed by atoms with van der Waals surface area (Å²) >= 11 is 1.54. The van der Waals surface area contributed by atoms with Crippen LogP contribution in [0.3, 0.4) is 0 Å². The number of benzene rings is 3. The van der Waals surface area contributed by atoms with Gasteiger partial charge in [-0.15, -0.1) is 0 Å². The molecule has 0 spiro atoms. The summed E-state index contributed by atoms with van der Waals surface area (Å²) in [6.07, 6.45) is 0. The van der Waals surface area contributed by atoms with E-state index in [0.29, 0.717) is 11.3 Å². The van der Waals surface area contributed by atoms with Crippen molar-refractivity contribution >= 4 is 40.7 Å². The minimum absolute atomic E-state index is 0.153. The number of hydrogen-bond donors (Lipinski definition) is 1. The fourth-order valence-electron chi connectivity index (χ4n) is 2.62. The topological polar surface area (TPSA) is 69.4 Å². The molecular formula is C19H15NO3S. The second-order valence-electron chi connectivity index (χ2n) is 5.25. The van der Waals surface area contributed by atoms with Gasteiger partial charge < -0.3 is 10.5 Å². The van der Waals surface area contributed by atoms with Crippen LogP contribution in [-0.2, 0) is 9.53 Å². The third-order valence-corrected chi connectivity index (χ3v) is 4.89. The molecule has 2 N–H and O–H groups in total. The van der Waals surface area contributed by atoms with Gasteiger partial charge in [0.25, 0.3) is 0 Å². The molecule has 0 bridgehead atoms. The number of rotatable bonds is 4. The van der Waals surface area contributed by atoms with Crippen LogP contribution >= 0.6 is 11.8 Å². The average molecular weight is 337 g/mol. The number of carbonyl (C=O) groups is 2. The van der Waals surface area contributed by atoms with Crippen molar-refractivity contribution in [3.05, 3.63) is 65.7 Å². The summed E-state index contributed by atoms with van der Waals surface area (Å²) < 4.78 is 4.52. The van der Waals surface area contributed by atoms with Gasteiger partial charge in [-0.1, -0.05) is 42.1 Å². The summed E-state index contributed by atoms with van der Waals surface area (Å²) in [7, 11) is 0. The van der Waals surface area contributed by atoms with E-state index in [2.05, 4.69) is 4.74 Å². The van der Waals surface area contributed by atoms with E-state index in [4.69, 9.17) is 5.73 Å². The monoisotopic (exact) mass is 337 g/mol. The summed E-state index contributed by atoms with van der Waals surface area (Å²) in [4.78, 5) is 24.5. The third kappa shape index (κ3) is 2.98. The lowest BCUT2D eigenvalue weighted by atomic mass is 10.00. The molecule has 0 saturated carbocycles. The van der Waals surface area contributed by atoms with Gasteiger partial charge in [-0.2, -0.15) is 0 Å². The van der Waals surface area contributed by atoms with Crippen molar-refractivity contribution in [1.82, 2.24) is 0 Å². The molecule has 0 amide bonds. The normalized spacial score (nSPS) is 10.5. The number of anilines is 1. The van der Waals surface area contributed by atoms with E-state index in [9.17, 15) is 9.59 Å². The van der Waals surface area contributed by atoms with E-state index < -0.39 is 5.97 Å². The Balaban J connectivity index is 2.16. The number of hydrogen-bond acceptors (Lipinski definition) is 5. The molecule has 0 heterocycles. The van der Waals surface area contributed by atoms with Crippen LogP contribution in [0.15, 0.2) is 64.4 Å². The summed E-state index contributed by atoms with van der Waals surface area (Å²) in [6.45, 7) is 2.07. The minimum Gasteiger partial charge on any atom is -0.398 e. The number of fused-ring (bicyclic) bond motifs is 1. The largest absolute Gasteiger partial charge is 0.398 e. The SMILES string of the molecule is Cc1cccc2c(Sc3ccccc3N)ccc(C(=O)OC=O)c12. The first-order valence-electron chi connectivity index (χ1n) is 7.31. The first kappa shape index (κ1) is 16.1. The number of para-hydroxylation sites is 1. The van der Waals surface area contributed by atoms with Gasteiger partial charge >= 0.3 is 12.4 Å². The van der Waals surface area contributed by atoms with Crippen molar-refractivity contribution in [1.29, 1.82) is 0 Å². The second kappa shape index (κ2) is 6.76. The lowest BCUT2D eigenvalue weighted by Crippen LogP contribution is -2.05. The number of carbonyl (C=O) groups excluding carboxylic acids is 2. The first-order valence-corrected chi connectivity index (χ1v) is 8.13. The number of ether oxygens (including phenoxy) is 1. The lowest BCUT2D eigenvalue weighted by molar-refractivity contribution is -0.123. The van der Waals surface area contributed by atoms with Crippen molar-refractivity contribution in [3.63, 3.8) is 0 Å². The quantitative estimate of drug-likeness (QED) is 0.334. The third-order valence-electron chi connectivity index (χ3n) is 3.72. The molecule has 3 rings (SSSR count). The summed E-state index contributed by atoms with van der Waals surface area (Å²) in [5, 5.41) is 1.70. The molecule has 0 atom stereocenters. The predicted molar refractivity (Wildman–Crippen MR) is 95.1 cm³/mol. The van der Waals surface area contributed by atoms with E-state index in [1.165, 1.54) is 11.8 Å². The van der Waals surface area contributed by atoms with Crippen LogP contribution in [0.2, 0.25) is 0 Å². The number of aryl methyl sites for hydroxylation is 1. The zero-order valence-electron chi connectivity index (χ0n) is 13.0. The van der Waals surface area contributed by atoms with E-state index in [-0.39, 0.29) is 6.47 Å². The van der Waals surface area contributed by atoms with Gasteiger partial charge in [0.1, 0.15) is 0 Å². The van der Waals surface area contributed by atoms with E-state index >= 15 is 0 Å². The molecule has 4 nitrogen and oxygen atoms in total. The highest BCUT2D eigenvalue weighted by Crippen LogP contribution is 2.38. The van der Waals surface area contributed by atoms with Crippen LogP contribution in [0, 0.1) is 6.92 Å². The van der Waals surface area contributed by atoms with Crippen LogP contribution in [-0.4, -0.2) is 12.4 Å². The van der Waals surface area contributed by atoms with Crippen LogP contribution in [0.25, 0.3) is 10.8 Å². The standard InChI is InChI=1S/C19H15NO3S/c1-12-5-4-6-13-16(24-17-8-3-2-7-15(17)20)10-9-14(18(12)13)19(22)23-11-21/h2-11H,20H2,1H3. The van der Waals surface area contributed by atoms with Gasteiger partial charge in [-0.25, -0.2) is 4.79 Å². The zero-order valence-corrected chi connectivity index (χ0v) is 13.8. The summed E-state index contributed by atoms with van der Waals surface area (Å²) in [6, 6.07) is 17.0. The fourth-order valence-corrected chi connectivity index (χ4v) is 3.61. The number of esters is 1. The minimum atomic E-state index is -0.653. The maximum Gasteiger partial charge on any atom is 0.346 e. The fraction of sp³-hybridized carbons (Fsp3) is 0.0526. The van der Waals surface area contributed by atoms with Gasteiger partial charge in [0, 0.05) is 20.9 Å². The molecule has 0 unspecified atom stereocenters. The Morgan fingerprint density at radius 1 is 1.04 bits per heavy atom. The molecule has 0 aliphatic rings. The molecule has 0 aliphatic heterocycles. The Morgan fingerprint density at radius 2 is 1.83 bits per heavy atom. The Bertz CT molecular complexity index is 937. The van der Waals surface area contributed by atoms with E-state index in [1.807, 2.05) is 55.5 Å². The van der Waals surface area contributed by atoms with Gasteiger partial charge in [0.15, 0.2) is 0 Å². The molecule has 5 heteroatoms. The first-order chi connectivity index (χ1) is 11.6. The molecule has 0 radical (unpaired) electrons. The van der Waals surface area contributed by atoms with Gasteiger partial charge in [0.05, 0.1) is 5.56 Å².